The molecule has 1 saturated heterocycles. The number of nitrogens with zero attached hydrogens (tertiary/aromatic N) is 2. The van der Waals surface area contributed by atoms with E-state index in [1.165, 1.54) is 25.9 Å². The molecule has 0 aliphatic carbocycles. The normalized spacial score (nSPS) is 16.8. The van der Waals surface area contributed by atoms with Gasteiger partial charge in [0.1, 0.15) is 10.8 Å². The van der Waals surface area contributed by atoms with Crippen LogP contribution in [-0.2, 0) is 13.0 Å². The highest BCUT2D eigenvalue weighted by Crippen LogP contribution is 2.21. The van der Waals surface area contributed by atoms with Crippen molar-refractivity contribution in [3.05, 3.63) is 15.6 Å². The SMILES string of the molecule is CCc1nc(CN2CCCC2)sc1C(=N)N. The average molecular weight is 238 g/mol. The molecule has 0 spiro atoms. The number of nitrogens with two attached hydrogens (primary N) is 1. The molecule has 88 valence electrons. The summed E-state index contributed by atoms with van der Waals surface area (Å²) in [6.07, 6.45) is 3.45. The quantitative estimate of drug-likeness (QED) is 0.618. The van der Waals surface area contributed by atoms with E-state index in [1.54, 1.807) is 11.3 Å². The van der Waals surface area contributed by atoms with Crippen LogP contribution in [0.1, 0.15) is 35.3 Å². The number of hydrogen-bond donors (Lipinski definition) is 2. The summed E-state index contributed by atoms with van der Waals surface area (Å²) >= 11 is 1.58. The molecule has 0 amide bonds. The Morgan fingerprint density at radius 3 is 2.69 bits per heavy atom. The molecule has 0 atom stereocenters. The van der Waals surface area contributed by atoms with Gasteiger partial charge in [-0.15, -0.1) is 11.3 Å². The molecule has 3 N–H and O–H groups in total. The third-order valence-electron chi connectivity index (χ3n) is 2.88. The largest absolute Gasteiger partial charge is 0.383 e. The molecule has 1 aromatic rings. The van der Waals surface area contributed by atoms with Gasteiger partial charge in [0.05, 0.1) is 17.1 Å². The standard InChI is InChI=1S/C11H18N4S/c1-2-8-10(11(12)13)16-9(14-8)7-15-5-3-4-6-15/h2-7H2,1H3,(H3,12,13). The second-order valence-electron chi connectivity index (χ2n) is 4.13. The van der Waals surface area contributed by atoms with Crippen molar-refractivity contribution in [1.82, 2.24) is 9.88 Å². The molecule has 1 aromatic heterocycles. The Morgan fingerprint density at radius 2 is 2.19 bits per heavy atom. The number of amidine groups is 1. The Hall–Kier alpha value is -0.940. The molecule has 0 aromatic carbocycles. The van der Waals surface area contributed by atoms with Crippen molar-refractivity contribution in [2.24, 2.45) is 5.73 Å². The molecule has 0 bridgehead atoms. The predicted molar refractivity (Wildman–Crippen MR) is 67.0 cm³/mol. The molecule has 2 heterocycles. The van der Waals surface area contributed by atoms with E-state index in [0.29, 0.717) is 0 Å². The van der Waals surface area contributed by atoms with Crippen LogP contribution < -0.4 is 5.73 Å². The molecule has 4 nitrogen and oxygen atoms in total. The van der Waals surface area contributed by atoms with E-state index in [0.717, 1.165) is 28.5 Å². The third-order valence-corrected chi connectivity index (χ3v) is 3.99. The Balaban J connectivity index is 2.12. The Morgan fingerprint density at radius 1 is 1.50 bits per heavy atom. The molecule has 5 heteroatoms. The van der Waals surface area contributed by atoms with Gasteiger partial charge in [-0.3, -0.25) is 10.3 Å². The molecule has 1 fully saturated rings. The fraction of sp³-hybridized carbons (Fsp3) is 0.636. The van der Waals surface area contributed by atoms with E-state index < -0.39 is 0 Å². The van der Waals surface area contributed by atoms with Crippen LogP contribution in [0.2, 0.25) is 0 Å². The Kier molecular flexibility index (Phi) is 3.56. The number of aromatic nitrogens is 1. The minimum atomic E-state index is 0.155. The fourth-order valence-electron chi connectivity index (χ4n) is 2.05. The zero-order valence-electron chi connectivity index (χ0n) is 9.62. The van der Waals surface area contributed by atoms with E-state index in [2.05, 4.69) is 16.8 Å². The van der Waals surface area contributed by atoms with Crippen molar-refractivity contribution in [2.75, 3.05) is 13.1 Å². The first-order valence-corrected chi connectivity index (χ1v) is 6.57. The van der Waals surface area contributed by atoms with Gasteiger partial charge in [-0.2, -0.15) is 0 Å². The van der Waals surface area contributed by atoms with Crippen LogP contribution in [-0.4, -0.2) is 28.8 Å². The highest BCUT2D eigenvalue weighted by molar-refractivity contribution is 7.13. The van der Waals surface area contributed by atoms with Crippen LogP contribution in [0.25, 0.3) is 0 Å². The first kappa shape index (κ1) is 11.5. The lowest BCUT2D eigenvalue weighted by Gasteiger charge is -2.11. The van der Waals surface area contributed by atoms with E-state index in [-0.39, 0.29) is 5.84 Å². The Bertz CT molecular complexity index is 379. The van der Waals surface area contributed by atoms with E-state index in [1.807, 2.05) is 0 Å². The van der Waals surface area contributed by atoms with Gasteiger partial charge in [0, 0.05) is 0 Å². The number of thiazole rings is 1. The summed E-state index contributed by atoms with van der Waals surface area (Å²) in [4.78, 5) is 7.85. The van der Waals surface area contributed by atoms with Crippen molar-refractivity contribution in [2.45, 2.75) is 32.7 Å². The number of likely N-dealkylation sites (tertiary alicyclic amines) is 1. The number of aryl methyl sites for hydroxylation is 1. The first-order valence-electron chi connectivity index (χ1n) is 5.76. The number of hydrogen-bond acceptors (Lipinski definition) is 4. The van der Waals surface area contributed by atoms with Gasteiger partial charge < -0.3 is 5.73 Å². The highest BCUT2D eigenvalue weighted by atomic mass is 32.1. The fourth-order valence-corrected chi connectivity index (χ4v) is 3.11. The highest BCUT2D eigenvalue weighted by Gasteiger charge is 2.16. The lowest BCUT2D eigenvalue weighted by Crippen LogP contribution is -2.18. The maximum Gasteiger partial charge on any atom is 0.135 e. The van der Waals surface area contributed by atoms with Gasteiger partial charge in [-0.25, -0.2) is 4.98 Å². The van der Waals surface area contributed by atoms with Crippen molar-refractivity contribution < 1.29 is 0 Å². The van der Waals surface area contributed by atoms with Crippen LogP contribution in [0, 0.1) is 5.41 Å². The summed E-state index contributed by atoms with van der Waals surface area (Å²) in [5, 5.41) is 8.61. The van der Waals surface area contributed by atoms with Gasteiger partial charge in [-0.05, 0) is 32.4 Å². The zero-order valence-corrected chi connectivity index (χ0v) is 10.4. The molecule has 0 unspecified atom stereocenters. The topological polar surface area (TPSA) is 66.0 Å². The van der Waals surface area contributed by atoms with Gasteiger partial charge in [0.2, 0.25) is 0 Å². The number of nitrogen functional groups attached to an aromatic ring is 1. The summed E-state index contributed by atoms with van der Waals surface area (Å²) in [7, 11) is 0. The maximum absolute atomic E-state index is 7.51. The summed E-state index contributed by atoms with van der Waals surface area (Å²) in [5.41, 5.74) is 6.53. The second-order valence-corrected chi connectivity index (χ2v) is 5.22. The van der Waals surface area contributed by atoms with Crippen molar-refractivity contribution in [3.8, 4) is 0 Å². The van der Waals surface area contributed by atoms with E-state index in [9.17, 15) is 0 Å². The molecular weight excluding hydrogens is 220 g/mol. The van der Waals surface area contributed by atoms with Gasteiger partial charge in [0.15, 0.2) is 0 Å². The van der Waals surface area contributed by atoms with E-state index >= 15 is 0 Å². The van der Waals surface area contributed by atoms with Gasteiger partial charge in [0.25, 0.3) is 0 Å². The van der Waals surface area contributed by atoms with Crippen molar-refractivity contribution in [1.29, 1.82) is 5.41 Å². The molecule has 0 saturated carbocycles. The maximum atomic E-state index is 7.51. The predicted octanol–water partition coefficient (Wildman–Crippen LogP) is 1.59. The molecule has 16 heavy (non-hydrogen) atoms. The summed E-state index contributed by atoms with van der Waals surface area (Å²) in [6, 6.07) is 0. The molecular formula is C11H18N4S. The average Bonchev–Trinajstić information content (AvgIpc) is 2.87. The third kappa shape index (κ3) is 2.41. The smallest absolute Gasteiger partial charge is 0.135 e. The Labute approximate surface area is 100.0 Å². The molecule has 0 radical (unpaired) electrons. The molecule has 2 rings (SSSR count). The van der Waals surface area contributed by atoms with Crippen LogP contribution in [0.15, 0.2) is 0 Å². The number of nitrogens with one attached hydrogen (secondary N) is 1. The lowest BCUT2D eigenvalue weighted by molar-refractivity contribution is 0.330. The number of rotatable bonds is 4. The van der Waals surface area contributed by atoms with Crippen LogP contribution in [0.4, 0.5) is 0 Å². The van der Waals surface area contributed by atoms with Crippen LogP contribution >= 0.6 is 11.3 Å². The van der Waals surface area contributed by atoms with Crippen LogP contribution in [0.3, 0.4) is 0 Å². The van der Waals surface area contributed by atoms with Crippen molar-refractivity contribution >= 4 is 17.2 Å². The van der Waals surface area contributed by atoms with Gasteiger partial charge >= 0.3 is 0 Å². The van der Waals surface area contributed by atoms with Crippen LogP contribution in [0.5, 0.6) is 0 Å². The zero-order chi connectivity index (χ0) is 11.5. The lowest BCUT2D eigenvalue weighted by atomic mass is 10.3. The summed E-state index contributed by atoms with van der Waals surface area (Å²) < 4.78 is 0. The minimum Gasteiger partial charge on any atom is -0.383 e. The minimum absolute atomic E-state index is 0.155. The summed E-state index contributed by atoms with van der Waals surface area (Å²) in [5.74, 6) is 0.155. The van der Waals surface area contributed by atoms with Gasteiger partial charge in [-0.1, -0.05) is 6.92 Å². The van der Waals surface area contributed by atoms with E-state index in [4.69, 9.17) is 11.1 Å². The van der Waals surface area contributed by atoms with Crippen molar-refractivity contribution in [3.63, 3.8) is 0 Å². The summed E-state index contributed by atoms with van der Waals surface area (Å²) in [6.45, 7) is 5.33. The molecule has 1 aliphatic heterocycles. The monoisotopic (exact) mass is 238 g/mol. The second kappa shape index (κ2) is 4.93. The molecule has 1 aliphatic rings. The first-order chi connectivity index (χ1) is 7.70.